The van der Waals surface area contributed by atoms with Gasteiger partial charge in [0.2, 0.25) is 0 Å². The van der Waals surface area contributed by atoms with Gasteiger partial charge in [0.25, 0.3) is 0 Å². The Morgan fingerprint density at radius 1 is 1.12 bits per heavy atom. The third-order valence-corrected chi connectivity index (χ3v) is 4.26. The summed E-state index contributed by atoms with van der Waals surface area (Å²) in [6.45, 7) is 2.14. The van der Waals surface area contributed by atoms with Gasteiger partial charge in [-0.25, -0.2) is 4.79 Å². The third kappa shape index (κ3) is 4.72. The third-order valence-electron chi connectivity index (χ3n) is 3.54. The summed E-state index contributed by atoms with van der Waals surface area (Å²) in [5, 5.41) is 4.17. The first-order valence-corrected chi connectivity index (χ1v) is 9.15. The van der Waals surface area contributed by atoms with Crippen LogP contribution < -0.4 is 5.43 Å². The lowest BCUT2D eigenvalue weighted by Gasteiger charge is -2.02. The van der Waals surface area contributed by atoms with Crippen molar-refractivity contribution < 1.29 is 13.9 Å². The minimum atomic E-state index is -0.326. The van der Waals surface area contributed by atoms with Crippen LogP contribution in [0, 0.1) is 3.57 Å². The molecule has 0 spiro atoms. The molecule has 26 heavy (non-hydrogen) atoms. The number of esters is 1. The number of nitrogens with one attached hydrogen (secondary N) is 1. The van der Waals surface area contributed by atoms with Crippen molar-refractivity contribution in [1.82, 2.24) is 0 Å². The molecule has 0 aliphatic rings. The van der Waals surface area contributed by atoms with Crippen LogP contribution in [0.4, 0.5) is 5.69 Å². The minimum Gasteiger partial charge on any atom is -0.462 e. The number of anilines is 1. The van der Waals surface area contributed by atoms with E-state index in [0.29, 0.717) is 23.7 Å². The lowest BCUT2D eigenvalue weighted by molar-refractivity contribution is 0.0526. The summed E-state index contributed by atoms with van der Waals surface area (Å²) in [4.78, 5) is 11.7. The highest BCUT2D eigenvalue weighted by atomic mass is 127. The molecule has 0 unspecified atom stereocenters. The molecular formula is C20H17IN2O3. The lowest BCUT2D eigenvalue weighted by Crippen LogP contribution is -2.03. The van der Waals surface area contributed by atoms with Gasteiger partial charge in [-0.3, -0.25) is 5.43 Å². The van der Waals surface area contributed by atoms with E-state index in [9.17, 15) is 4.79 Å². The first-order chi connectivity index (χ1) is 12.7. The molecule has 0 atom stereocenters. The van der Waals surface area contributed by atoms with Crippen LogP contribution in [-0.4, -0.2) is 18.8 Å². The highest BCUT2D eigenvalue weighted by molar-refractivity contribution is 14.1. The summed E-state index contributed by atoms with van der Waals surface area (Å²) < 4.78 is 11.9. The molecule has 0 saturated carbocycles. The fraction of sp³-hybridized carbons (Fsp3) is 0.100. The second-order valence-corrected chi connectivity index (χ2v) is 6.62. The van der Waals surface area contributed by atoms with Crippen LogP contribution >= 0.6 is 22.6 Å². The average molecular weight is 460 g/mol. The Balaban J connectivity index is 1.64. The SMILES string of the molecule is CCOC(=O)c1ccc(-c2ccc(C=NNc3ccc(I)cc3)o2)cc1. The quantitative estimate of drug-likeness (QED) is 0.239. The summed E-state index contributed by atoms with van der Waals surface area (Å²) in [5.74, 6) is 1.01. The molecule has 0 amide bonds. The summed E-state index contributed by atoms with van der Waals surface area (Å²) in [6.07, 6.45) is 1.62. The highest BCUT2D eigenvalue weighted by Crippen LogP contribution is 2.22. The van der Waals surface area contributed by atoms with Crippen molar-refractivity contribution in [3.63, 3.8) is 0 Å². The predicted molar refractivity (Wildman–Crippen MR) is 110 cm³/mol. The standard InChI is InChI=1S/C20H17IN2O3/c1-2-25-20(24)15-5-3-14(4-6-15)19-12-11-18(26-19)13-22-23-17-9-7-16(21)8-10-17/h3-13,23H,2H2,1H3. The van der Waals surface area contributed by atoms with E-state index < -0.39 is 0 Å². The van der Waals surface area contributed by atoms with Gasteiger partial charge in [-0.1, -0.05) is 12.1 Å². The van der Waals surface area contributed by atoms with Crippen molar-refractivity contribution in [2.45, 2.75) is 6.92 Å². The zero-order chi connectivity index (χ0) is 18.4. The van der Waals surface area contributed by atoms with Gasteiger partial charge in [0.1, 0.15) is 11.5 Å². The molecule has 3 rings (SSSR count). The van der Waals surface area contributed by atoms with Crippen LogP contribution in [0.2, 0.25) is 0 Å². The summed E-state index contributed by atoms with van der Waals surface area (Å²) in [5.41, 5.74) is 5.26. The van der Waals surface area contributed by atoms with Crippen LogP contribution in [0.5, 0.6) is 0 Å². The van der Waals surface area contributed by atoms with Gasteiger partial charge < -0.3 is 9.15 Å². The Hall–Kier alpha value is -2.61. The van der Waals surface area contributed by atoms with Crippen molar-refractivity contribution in [2.75, 3.05) is 12.0 Å². The Morgan fingerprint density at radius 3 is 2.54 bits per heavy atom. The van der Waals surface area contributed by atoms with Crippen LogP contribution in [0.3, 0.4) is 0 Å². The fourth-order valence-electron chi connectivity index (χ4n) is 2.26. The van der Waals surface area contributed by atoms with Crippen LogP contribution in [0.15, 0.2) is 70.2 Å². The monoisotopic (exact) mass is 460 g/mol. The van der Waals surface area contributed by atoms with E-state index in [-0.39, 0.29) is 5.97 Å². The second kappa shape index (κ2) is 8.66. The second-order valence-electron chi connectivity index (χ2n) is 5.38. The normalized spacial score (nSPS) is 10.8. The van der Waals surface area contributed by atoms with E-state index in [0.717, 1.165) is 11.3 Å². The summed E-state index contributed by atoms with van der Waals surface area (Å²) in [7, 11) is 0. The molecule has 0 aliphatic heterocycles. The van der Waals surface area contributed by atoms with Gasteiger partial charge >= 0.3 is 5.97 Å². The molecule has 6 heteroatoms. The van der Waals surface area contributed by atoms with Crippen molar-refractivity contribution in [1.29, 1.82) is 0 Å². The predicted octanol–water partition coefficient (Wildman–Crippen LogP) is 5.17. The van der Waals surface area contributed by atoms with Crippen LogP contribution in [-0.2, 0) is 4.74 Å². The van der Waals surface area contributed by atoms with Gasteiger partial charge in [0, 0.05) is 9.13 Å². The van der Waals surface area contributed by atoms with E-state index in [1.54, 1.807) is 25.3 Å². The first-order valence-electron chi connectivity index (χ1n) is 8.08. The topological polar surface area (TPSA) is 63.8 Å². The van der Waals surface area contributed by atoms with E-state index >= 15 is 0 Å². The van der Waals surface area contributed by atoms with E-state index in [1.807, 2.05) is 48.5 Å². The number of hydrazone groups is 1. The van der Waals surface area contributed by atoms with E-state index in [4.69, 9.17) is 9.15 Å². The number of halogens is 1. The number of hydrogen-bond donors (Lipinski definition) is 1. The number of benzene rings is 2. The summed E-state index contributed by atoms with van der Waals surface area (Å²) >= 11 is 2.25. The molecule has 0 aliphatic carbocycles. The first kappa shape index (κ1) is 18.2. The van der Waals surface area contributed by atoms with Gasteiger partial charge in [-0.2, -0.15) is 5.10 Å². The zero-order valence-corrected chi connectivity index (χ0v) is 16.3. The Morgan fingerprint density at radius 2 is 1.85 bits per heavy atom. The molecule has 1 heterocycles. The van der Waals surface area contributed by atoms with Crippen molar-refractivity contribution in [3.05, 3.63) is 75.6 Å². The highest BCUT2D eigenvalue weighted by Gasteiger charge is 2.08. The molecule has 2 aromatic carbocycles. The number of nitrogens with zero attached hydrogens (tertiary/aromatic N) is 1. The molecule has 3 aromatic rings. The molecule has 0 radical (unpaired) electrons. The number of carbonyl (C=O) groups excluding carboxylic acids is 1. The molecule has 132 valence electrons. The molecule has 0 fully saturated rings. The number of rotatable bonds is 6. The van der Waals surface area contributed by atoms with Crippen LogP contribution in [0.25, 0.3) is 11.3 Å². The minimum absolute atomic E-state index is 0.326. The van der Waals surface area contributed by atoms with Gasteiger partial charge in [0.05, 0.1) is 24.1 Å². The average Bonchev–Trinajstić information content (AvgIpc) is 3.13. The number of carbonyl (C=O) groups is 1. The zero-order valence-electron chi connectivity index (χ0n) is 14.1. The summed E-state index contributed by atoms with van der Waals surface area (Å²) in [6, 6.07) is 18.7. The number of hydrogen-bond acceptors (Lipinski definition) is 5. The van der Waals surface area contributed by atoms with Gasteiger partial charge in [-0.05, 0) is 78.0 Å². The van der Waals surface area contributed by atoms with E-state index in [1.165, 1.54) is 3.57 Å². The van der Waals surface area contributed by atoms with Crippen molar-refractivity contribution in [3.8, 4) is 11.3 Å². The number of ether oxygens (including phenoxy) is 1. The molecule has 1 N–H and O–H groups in total. The molecule has 1 aromatic heterocycles. The van der Waals surface area contributed by atoms with Crippen molar-refractivity contribution >= 4 is 40.5 Å². The molecule has 0 bridgehead atoms. The number of furan rings is 1. The van der Waals surface area contributed by atoms with Crippen molar-refractivity contribution in [2.24, 2.45) is 5.10 Å². The maximum Gasteiger partial charge on any atom is 0.338 e. The largest absolute Gasteiger partial charge is 0.462 e. The fourth-order valence-corrected chi connectivity index (χ4v) is 2.62. The smallest absolute Gasteiger partial charge is 0.338 e. The molecular weight excluding hydrogens is 443 g/mol. The van der Waals surface area contributed by atoms with Gasteiger partial charge in [-0.15, -0.1) is 0 Å². The maximum absolute atomic E-state index is 11.7. The van der Waals surface area contributed by atoms with Crippen LogP contribution in [0.1, 0.15) is 23.0 Å². The van der Waals surface area contributed by atoms with E-state index in [2.05, 4.69) is 33.1 Å². The van der Waals surface area contributed by atoms with Gasteiger partial charge in [0.15, 0.2) is 0 Å². The lowest BCUT2D eigenvalue weighted by atomic mass is 10.1. The Labute approximate surface area is 165 Å². The Kier molecular flexibility index (Phi) is 6.06. The molecule has 0 saturated heterocycles. The maximum atomic E-state index is 11.7. The Bertz CT molecular complexity index is 900. The molecule has 5 nitrogen and oxygen atoms in total.